The second-order valence-electron chi connectivity index (χ2n) is 11.2. The number of carbonyl (C=O) groups excluding carboxylic acids is 3. The summed E-state index contributed by atoms with van der Waals surface area (Å²) in [6, 6.07) is 2.94. The highest BCUT2D eigenvalue weighted by molar-refractivity contribution is 9.10. The van der Waals surface area contributed by atoms with Crippen LogP contribution >= 0.6 is 15.9 Å². The summed E-state index contributed by atoms with van der Waals surface area (Å²) >= 11 is 3.25. The number of allylic oxidation sites excluding steroid dienone is 1. The zero-order chi connectivity index (χ0) is 26.4. The van der Waals surface area contributed by atoms with Gasteiger partial charge in [-0.1, -0.05) is 42.8 Å². The van der Waals surface area contributed by atoms with Gasteiger partial charge in [0.2, 0.25) is 11.8 Å². The lowest BCUT2D eigenvalue weighted by Crippen LogP contribution is -2.60. The number of halogens is 2. The van der Waals surface area contributed by atoms with Crippen LogP contribution in [0.15, 0.2) is 34.6 Å². The predicted molar refractivity (Wildman–Crippen MR) is 137 cm³/mol. The lowest BCUT2D eigenvalue weighted by atomic mass is 9.85. The molecule has 0 radical (unpaired) electrons. The van der Waals surface area contributed by atoms with Gasteiger partial charge in [0.05, 0.1) is 6.54 Å². The molecule has 8 nitrogen and oxygen atoms in total. The highest BCUT2D eigenvalue weighted by Crippen LogP contribution is 2.39. The first-order chi connectivity index (χ1) is 16.8. The SMILES string of the molecule is CC(Cc1ccc(Br)cc1F)NC(=O)[C@@H]1CC(=O)CN1C(=O)[C@@H](N1C=C(C2CC2)NN1C)C(C)(C)C. The van der Waals surface area contributed by atoms with Gasteiger partial charge in [-0.2, -0.15) is 0 Å². The van der Waals surface area contributed by atoms with Gasteiger partial charge in [0, 0.05) is 41.8 Å². The van der Waals surface area contributed by atoms with Crippen LogP contribution < -0.4 is 10.7 Å². The molecule has 10 heteroatoms. The van der Waals surface area contributed by atoms with Crippen molar-refractivity contribution in [1.82, 2.24) is 25.8 Å². The number of amides is 2. The Kier molecular flexibility index (Phi) is 7.48. The molecule has 3 aliphatic rings. The minimum absolute atomic E-state index is 0.0228. The van der Waals surface area contributed by atoms with Gasteiger partial charge in [-0.05, 0) is 49.3 Å². The van der Waals surface area contributed by atoms with Gasteiger partial charge in [0.1, 0.15) is 17.9 Å². The standard InChI is InChI=1S/C26H35BrFN5O3/c1-15(10-17-8-9-18(27)11-20(17)28)29-24(35)22-12-19(34)13-32(22)25(36)23(26(2,3)4)33-14-21(16-6-7-16)30-31(33)5/h8-9,11,14-16,22-23,30H,6-7,10,12-13H2,1-5H3,(H,29,35)/t15?,22-,23+/m0/s1. The summed E-state index contributed by atoms with van der Waals surface area (Å²) in [7, 11) is 1.86. The highest BCUT2D eigenvalue weighted by atomic mass is 79.9. The van der Waals surface area contributed by atoms with Crippen LogP contribution in [0.5, 0.6) is 0 Å². The molecule has 196 valence electrons. The van der Waals surface area contributed by atoms with E-state index >= 15 is 0 Å². The Bertz CT molecular complexity index is 1080. The Balaban J connectivity index is 1.49. The maximum atomic E-state index is 14.3. The van der Waals surface area contributed by atoms with Crippen LogP contribution in [0.3, 0.4) is 0 Å². The summed E-state index contributed by atoms with van der Waals surface area (Å²) in [5.74, 6) is -0.675. The molecular weight excluding hydrogens is 529 g/mol. The van der Waals surface area contributed by atoms with Gasteiger partial charge in [-0.25, -0.2) is 4.39 Å². The van der Waals surface area contributed by atoms with E-state index in [4.69, 9.17) is 0 Å². The van der Waals surface area contributed by atoms with Crippen LogP contribution in [0, 0.1) is 17.2 Å². The number of hydrogen-bond donors (Lipinski definition) is 2. The Morgan fingerprint density at radius 2 is 1.97 bits per heavy atom. The lowest BCUT2D eigenvalue weighted by molar-refractivity contribution is -0.152. The molecule has 36 heavy (non-hydrogen) atoms. The monoisotopic (exact) mass is 563 g/mol. The van der Waals surface area contributed by atoms with Gasteiger partial charge in [0.15, 0.2) is 5.78 Å². The number of Topliss-reactive ketones (excluding diaryl/α,β-unsaturated/α-hetero) is 1. The van der Waals surface area contributed by atoms with Crippen molar-refractivity contribution in [3.8, 4) is 0 Å². The number of nitrogens with zero attached hydrogens (tertiary/aromatic N) is 3. The minimum Gasteiger partial charge on any atom is -0.352 e. The second-order valence-corrected chi connectivity index (χ2v) is 12.1. The fraction of sp³-hybridized carbons (Fsp3) is 0.577. The number of carbonyl (C=O) groups is 3. The van der Waals surface area contributed by atoms with Crippen molar-refractivity contribution >= 4 is 33.5 Å². The molecule has 3 atom stereocenters. The lowest BCUT2D eigenvalue weighted by Gasteiger charge is -2.42. The second kappa shape index (κ2) is 10.1. The Morgan fingerprint density at radius 1 is 1.28 bits per heavy atom. The first kappa shape index (κ1) is 26.6. The van der Waals surface area contributed by atoms with Crippen LogP contribution in [0.4, 0.5) is 4.39 Å². The van der Waals surface area contributed by atoms with E-state index in [1.165, 1.54) is 11.0 Å². The average molecular weight is 565 g/mol. The largest absolute Gasteiger partial charge is 0.352 e. The quantitative estimate of drug-likeness (QED) is 0.530. The van der Waals surface area contributed by atoms with Crippen LogP contribution in [-0.4, -0.2) is 64.3 Å². The summed E-state index contributed by atoms with van der Waals surface area (Å²) in [4.78, 5) is 41.1. The van der Waals surface area contributed by atoms with E-state index in [9.17, 15) is 18.8 Å². The smallest absolute Gasteiger partial charge is 0.248 e. The van der Waals surface area contributed by atoms with Gasteiger partial charge in [-0.15, -0.1) is 5.12 Å². The van der Waals surface area contributed by atoms with E-state index in [0.29, 0.717) is 22.4 Å². The molecule has 2 amide bonds. The van der Waals surface area contributed by atoms with Gasteiger partial charge in [0.25, 0.3) is 0 Å². The maximum absolute atomic E-state index is 14.3. The molecule has 1 aliphatic carbocycles. The zero-order valence-electron chi connectivity index (χ0n) is 21.5. The topological polar surface area (TPSA) is 85.0 Å². The summed E-state index contributed by atoms with van der Waals surface area (Å²) in [6.45, 7) is 7.63. The van der Waals surface area contributed by atoms with Gasteiger partial charge >= 0.3 is 0 Å². The minimum atomic E-state index is -0.889. The van der Waals surface area contributed by atoms with Crippen molar-refractivity contribution in [2.24, 2.45) is 11.3 Å². The third kappa shape index (κ3) is 5.75. The van der Waals surface area contributed by atoms with E-state index in [2.05, 4.69) is 26.7 Å². The number of hydrogen-bond acceptors (Lipinski definition) is 6. The van der Waals surface area contributed by atoms with E-state index < -0.39 is 23.4 Å². The van der Waals surface area contributed by atoms with Crippen molar-refractivity contribution < 1.29 is 18.8 Å². The molecule has 1 saturated heterocycles. The molecule has 0 aromatic heterocycles. The summed E-state index contributed by atoms with van der Waals surface area (Å²) < 4.78 is 14.9. The molecule has 1 unspecified atom stereocenters. The van der Waals surface area contributed by atoms with Crippen molar-refractivity contribution in [3.63, 3.8) is 0 Å². The maximum Gasteiger partial charge on any atom is 0.248 e. The van der Waals surface area contributed by atoms with Crippen molar-refractivity contribution in [3.05, 3.63) is 45.9 Å². The van der Waals surface area contributed by atoms with Crippen LogP contribution in [0.1, 0.15) is 52.5 Å². The number of rotatable bonds is 7. The molecule has 2 fully saturated rings. The number of likely N-dealkylation sites (tertiary alicyclic amines) is 1. The van der Waals surface area contributed by atoms with Crippen molar-refractivity contribution in [1.29, 1.82) is 0 Å². The van der Waals surface area contributed by atoms with Gasteiger partial charge < -0.3 is 15.6 Å². The average Bonchev–Trinajstić information content (AvgIpc) is 3.44. The molecule has 0 bridgehead atoms. The molecule has 1 aromatic carbocycles. The summed E-state index contributed by atoms with van der Waals surface area (Å²) in [5, 5.41) is 6.58. The van der Waals surface area contributed by atoms with Crippen molar-refractivity contribution in [2.75, 3.05) is 13.6 Å². The van der Waals surface area contributed by atoms with E-state index in [0.717, 1.165) is 18.5 Å². The zero-order valence-corrected chi connectivity index (χ0v) is 23.1. The van der Waals surface area contributed by atoms with Crippen LogP contribution in [0.25, 0.3) is 0 Å². The van der Waals surface area contributed by atoms with Crippen LogP contribution in [0.2, 0.25) is 0 Å². The molecule has 2 N–H and O–H groups in total. The van der Waals surface area contributed by atoms with E-state index in [-0.39, 0.29) is 36.5 Å². The number of hydrazine groups is 2. The normalized spacial score (nSPS) is 22.4. The summed E-state index contributed by atoms with van der Waals surface area (Å²) in [6.07, 6.45) is 4.50. The molecule has 1 saturated carbocycles. The summed E-state index contributed by atoms with van der Waals surface area (Å²) in [5.41, 5.74) is 4.43. The molecule has 4 rings (SSSR count). The number of ketones is 1. The molecule has 1 aromatic rings. The molecule has 0 spiro atoms. The van der Waals surface area contributed by atoms with Gasteiger partial charge in [-0.3, -0.25) is 19.4 Å². The first-order valence-electron chi connectivity index (χ1n) is 12.4. The fourth-order valence-electron chi connectivity index (χ4n) is 4.94. The first-order valence-corrected chi connectivity index (χ1v) is 13.2. The third-order valence-corrected chi connectivity index (χ3v) is 7.40. The number of benzene rings is 1. The molecular formula is C26H35BrFN5O3. The third-order valence-electron chi connectivity index (χ3n) is 6.90. The highest BCUT2D eigenvalue weighted by Gasteiger charge is 2.48. The Hall–Kier alpha value is -2.46. The Labute approximate surface area is 220 Å². The fourth-order valence-corrected chi connectivity index (χ4v) is 5.28. The number of nitrogens with one attached hydrogen (secondary N) is 2. The van der Waals surface area contributed by atoms with E-state index in [1.54, 1.807) is 19.1 Å². The molecule has 2 aliphatic heterocycles. The van der Waals surface area contributed by atoms with Crippen molar-refractivity contribution in [2.45, 2.75) is 71.5 Å². The Morgan fingerprint density at radius 3 is 2.58 bits per heavy atom. The van der Waals surface area contributed by atoms with Crippen LogP contribution in [-0.2, 0) is 20.8 Å². The molecule has 2 heterocycles. The predicted octanol–water partition coefficient (Wildman–Crippen LogP) is 3.14. The van der Waals surface area contributed by atoms with E-state index in [1.807, 2.05) is 44.1 Å².